The first-order valence-electron chi connectivity index (χ1n) is 5.57. The Hall–Kier alpha value is -1.05. The Balaban J connectivity index is 2.77. The quantitative estimate of drug-likeness (QED) is 0.825. The van der Waals surface area contributed by atoms with Crippen molar-refractivity contribution in [2.45, 2.75) is 30.7 Å². The summed E-state index contributed by atoms with van der Waals surface area (Å²) in [5.74, 6) is -2.28. The van der Waals surface area contributed by atoms with Crippen molar-refractivity contribution in [3.8, 4) is 0 Å². The molecule has 3 N–H and O–H groups in total. The van der Waals surface area contributed by atoms with Gasteiger partial charge in [0.1, 0.15) is 0 Å². The number of nitrogens with one attached hydrogen (secondary N) is 1. The van der Waals surface area contributed by atoms with Crippen molar-refractivity contribution in [1.29, 1.82) is 0 Å². The smallest absolute Gasteiger partial charge is 0.240 e. The minimum atomic E-state index is -3.85. The molecular formula is C11H16F2N2O2S. The van der Waals surface area contributed by atoms with Crippen LogP contribution in [0.1, 0.15) is 19.8 Å². The molecule has 7 heteroatoms. The summed E-state index contributed by atoms with van der Waals surface area (Å²) in [6, 6.07) is 2.13. The van der Waals surface area contributed by atoms with Crippen LogP contribution in [0, 0.1) is 11.6 Å². The van der Waals surface area contributed by atoms with E-state index >= 15 is 0 Å². The number of hydrogen-bond donors (Lipinski definition) is 2. The van der Waals surface area contributed by atoms with Gasteiger partial charge in [0.15, 0.2) is 11.6 Å². The molecule has 4 nitrogen and oxygen atoms in total. The third-order valence-corrected chi connectivity index (χ3v) is 3.82. The average molecular weight is 278 g/mol. The fraction of sp³-hybridized carbons (Fsp3) is 0.455. The van der Waals surface area contributed by atoms with Gasteiger partial charge < -0.3 is 5.73 Å². The van der Waals surface area contributed by atoms with Gasteiger partial charge in [0.25, 0.3) is 0 Å². The van der Waals surface area contributed by atoms with Crippen molar-refractivity contribution in [3.63, 3.8) is 0 Å². The Bertz CT molecular complexity index is 506. The maximum Gasteiger partial charge on any atom is 0.240 e. The van der Waals surface area contributed by atoms with E-state index in [1.54, 1.807) is 0 Å². The molecule has 0 radical (unpaired) electrons. The summed E-state index contributed by atoms with van der Waals surface area (Å²) in [6.45, 7) is 2.00. The summed E-state index contributed by atoms with van der Waals surface area (Å²) >= 11 is 0. The Labute approximate surface area is 105 Å². The van der Waals surface area contributed by atoms with Crippen LogP contribution in [0.25, 0.3) is 0 Å². The van der Waals surface area contributed by atoms with E-state index in [0.717, 1.165) is 18.6 Å². The molecule has 0 aliphatic heterocycles. The van der Waals surface area contributed by atoms with Crippen molar-refractivity contribution in [2.24, 2.45) is 5.73 Å². The van der Waals surface area contributed by atoms with Crippen LogP contribution in [0.5, 0.6) is 0 Å². The minimum Gasteiger partial charge on any atom is -0.327 e. The van der Waals surface area contributed by atoms with E-state index in [0.29, 0.717) is 12.5 Å². The average Bonchev–Trinajstić information content (AvgIpc) is 2.30. The second-order valence-electron chi connectivity index (χ2n) is 3.98. The number of nitrogens with two attached hydrogens (primary N) is 1. The lowest BCUT2D eigenvalue weighted by molar-refractivity contribution is 0.503. The van der Waals surface area contributed by atoms with E-state index in [1.807, 2.05) is 6.92 Å². The van der Waals surface area contributed by atoms with E-state index < -0.39 is 21.7 Å². The molecule has 18 heavy (non-hydrogen) atoms. The molecule has 1 unspecified atom stereocenters. The Morgan fingerprint density at radius 1 is 1.33 bits per heavy atom. The number of benzene rings is 1. The van der Waals surface area contributed by atoms with Gasteiger partial charge in [-0.05, 0) is 24.6 Å². The topological polar surface area (TPSA) is 72.2 Å². The minimum absolute atomic E-state index is 0.0647. The Morgan fingerprint density at radius 2 is 2.00 bits per heavy atom. The lowest BCUT2D eigenvalue weighted by Gasteiger charge is -2.12. The van der Waals surface area contributed by atoms with Crippen LogP contribution in [0.2, 0.25) is 0 Å². The lowest BCUT2D eigenvalue weighted by atomic mass is 10.2. The van der Waals surface area contributed by atoms with Crippen LogP contribution >= 0.6 is 0 Å². The maximum atomic E-state index is 12.9. The van der Waals surface area contributed by atoms with Crippen molar-refractivity contribution in [1.82, 2.24) is 4.72 Å². The first-order valence-corrected chi connectivity index (χ1v) is 7.05. The summed E-state index contributed by atoms with van der Waals surface area (Å²) < 4.78 is 51.4. The largest absolute Gasteiger partial charge is 0.327 e. The first kappa shape index (κ1) is 15.0. The third kappa shape index (κ3) is 4.01. The van der Waals surface area contributed by atoms with Crippen molar-refractivity contribution < 1.29 is 17.2 Å². The van der Waals surface area contributed by atoms with Gasteiger partial charge in [-0.2, -0.15) is 0 Å². The van der Waals surface area contributed by atoms with Crippen LogP contribution in [-0.4, -0.2) is 21.0 Å². The second kappa shape index (κ2) is 6.21. The van der Waals surface area contributed by atoms with Gasteiger partial charge in [-0.1, -0.05) is 13.3 Å². The molecule has 1 atom stereocenters. The normalized spacial score (nSPS) is 13.6. The maximum absolute atomic E-state index is 12.9. The van der Waals surface area contributed by atoms with E-state index in [4.69, 9.17) is 5.73 Å². The zero-order valence-corrected chi connectivity index (χ0v) is 10.8. The van der Waals surface area contributed by atoms with Gasteiger partial charge in [0.2, 0.25) is 10.0 Å². The SMILES string of the molecule is CCCC(N)CNS(=O)(=O)c1ccc(F)c(F)c1. The molecule has 0 amide bonds. The predicted molar refractivity (Wildman–Crippen MR) is 64.4 cm³/mol. The van der Waals surface area contributed by atoms with Crippen LogP contribution in [-0.2, 0) is 10.0 Å². The number of rotatable bonds is 6. The summed E-state index contributed by atoms with van der Waals surface area (Å²) in [4.78, 5) is -0.315. The summed E-state index contributed by atoms with van der Waals surface area (Å²) in [7, 11) is -3.85. The monoisotopic (exact) mass is 278 g/mol. The molecule has 0 heterocycles. The van der Waals surface area contributed by atoms with E-state index in [9.17, 15) is 17.2 Å². The molecular weight excluding hydrogens is 262 g/mol. The van der Waals surface area contributed by atoms with E-state index in [1.165, 1.54) is 0 Å². The van der Waals surface area contributed by atoms with Gasteiger partial charge in [0, 0.05) is 12.6 Å². The van der Waals surface area contributed by atoms with E-state index in [2.05, 4.69) is 4.72 Å². The molecule has 102 valence electrons. The van der Waals surface area contributed by atoms with Gasteiger partial charge >= 0.3 is 0 Å². The lowest BCUT2D eigenvalue weighted by Crippen LogP contribution is -2.37. The van der Waals surface area contributed by atoms with Gasteiger partial charge in [-0.15, -0.1) is 0 Å². The number of sulfonamides is 1. The Kier molecular flexibility index (Phi) is 5.18. The van der Waals surface area contributed by atoms with Crippen LogP contribution < -0.4 is 10.5 Å². The second-order valence-corrected chi connectivity index (χ2v) is 5.74. The molecule has 0 bridgehead atoms. The first-order chi connectivity index (χ1) is 8.36. The van der Waals surface area contributed by atoms with Gasteiger partial charge in [-0.25, -0.2) is 21.9 Å². The van der Waals surface area contributed by atoms with Crippen molar-refractivity contribution in [3.05, 3.63) is 29.8 Å². The highest BCUT2D eigenvalue weighted by Gasteiger charge is 2.17. The predicted octanol–water partition coefficient (Wildman–Crippen LogP) is 1.37. The molecule has 1 aromatic carbocycles. The summed E-state index contributed by atoms with van der Waals surface area (Å²) in [5, 5.41) is 0. The van der Waals surface area contributed by atoms with Crippen molar-refractivity contribution >= 4 is 10.0 Å². The molecule has 0 aliphatic carbocycles. The number of halogens is 2. The highest BCUT2D eigenvalue weighted by atomic mass is 32.2. The van der Waals surface area contributed by atoms with Crippen LogP contribution in [0.4, 0.5) is 8.78 Å². The third-order valence-electron chi connectivity index (χ3n) is 2.40. The molecule has 0 aromatic heterocycles. The van der Waals surface area contributed by atoms with Gasteiger partial charge in [-0.3, -0.25) is 0 Å². The molecule has 1 aromatic rings. The zero-order chi connectivity index (χ0) is 13.8. The highest BCUT2D eigenvalue weighted by molar-refractivity contribution is 7.89. The van der Waals surface area contributed by atoms with E-state index in [-0.39, 0.29) is 17.5 Å². The summed E-state index contributed by atoms with van der Waals surface area (Å²) in [6.07, 6.45) is 1.52. The fourth-order valence-corrected chi connectivity index (χ4v) is 2.52. The Morgan fingerprint density at radius 3 is 2.56 bits per heavy atom. The molecule has 0 saturated carbocycles. The standard InChI is InChI=1S/C11H16F2N2O2S/c1-2-3-8(14)7-15-18(16,17)9-4-5-10(12)11(13)6-9/h4-6,8,15H,2-3,7,14H2,1H3. The molecule has 0 saturated heterocycles. The van der Waals surface area contributed by atoms with Crippen LogP contribution in [0.3, 0.4) is 0 Å². The molecule has 0 spiro atoms. The molecule has 0 aliphatic rings. The zero-order valence-electron chi connectivity index (χ0n) is 9.99. The molecule has 1 rings (SSSR count). The van der Waals surface area contributed by atoms with Gasteiger partial charge in [0.05, 0.1) is 4.90 Å². The van der Waals surface area contributed by atoms with Crippen molar-refractivity contribution in [2.75, 3.05) is 6.54 Å². The number of hydrogen-bond acceptors (Lipinski definition) is 3. The summed E-state index contributed by atoms with van der Waals surface area (Å²) in [5.41, 5.74) is 5.66. The van der Waals surface area contributed by atoms with Crippen LogP contribution in [0.15, 0.2) is 23.1 Å². The highest BCUT2D eigenvalue weighted by Crippen LogP contribution is 2.13. The fourth-order valence-electron chi connectivity index (χ4n) is 1.42. The molecule has 0 fully saturated rings.